The molecule has 1 atom stereocenters. The molecule has 138 valence electrons. The summed E-state index contributed by atoms with van der Waals surface area (Å²) in [7, 11) is 0. The second-order valence-corrected chi connectivity index (χ2v) is 6.92. The van der Waals surface area contributed by atoms with Crippen molar-refractivity contribution in [2.75, 3.05) is 24.5 Å². The Bertz CT molecular complexity index is 774. The van der Waals surface area contributed by atoms with E-state index in [-0.39, 0.29) is 11.9 Å². The number of rotatable bonds is 5. The van der Waals surface area contributed by atoms with Crippen molar-refractivity contribution < 1.29 is 4.79 Å². The van der Waals surface area contributed by atoms with E-state index in [1.807, 2.05) is 24.8 Å². The first-order valence-electron chi connectivity index (χ1n) is 9.13. The second-order valence-electron chi connectivity index (χ2n) is 6.92. The number of aromatic nitrogens is 2. The van der Waals surface area contributed by atoms with E-state index in [1.165, 1.54) is 5.56 Å². The lowest BCUT2D eigenvalue weighted by Gasteiger charge is -2.40. The predicted molar refractivity (Wildman–Crippen MR) is 103 cm³/mol. The lowest BCUT2D eigenvalue weighted by atomic mass is 10.1. The number of carbonyl (C=O) groups is 1. The zero-order valence-electron chi connectivity index (χ0n) is 15.8. The fourth-order valence-corrected chi connectivity index (χ4v) is 3.35. The third kappa shape index (κ3) is 4.02. The highest BCUT2D eigenvalue weighted by Gasteiger charge is 2.32. The number of benzene rings is 1. The zero-order valence-corrected chi connectivity index (χ0v) is 15.8. The van der Waals surface area contributed by atoms with E-state index in [0.717, 1.165) is 23.6 Å². The molecule has 2 N–H and O–H groups in total. The minimum Gasteiger partial charge on any atom is -0.343 e. The number of carbonyl (C=O) groups excluding carboxylic acids is 1. The maximum atomic E-state index is 12.9. The van der Waals surface area contributed by atoms with Crippen LogP contribution in [0.4, 0.5) is 5.82 Å². The van der Waals surface area contributed by atoms with Gasteiger partial charge in [-0.2, -0.15) is 0 Å². The molecule has 6 heteroatoms. The van der Waals surface area contributed by atoms with Crippen molar-refractivity contribution in [2.24, 2.45) is 5.73 Å². The van der Waals surface area contributed by atoms with Gasteiger partial charge in [-0.25, -0.2) is 9.97 Å². The summed E-state index contributed by atoms with van der Waals surface area (Å²) in [5.74, 6) is 1.66. The highest BCUT2D eigenvalue weighted by atomic mass is 16.2. The first-order valence-corrected chi connectivity index (χ1v) is 9.13. The number of amides is 1. The van der Waals surface area contributed by atoms with E-state index < -0.39 is 0 Å². The van der Waals surface area contributed by atoms with E-state index in [1.54, 1.807) is 0 Å². The van der Waals surface area contributed by atoms with Crippen molar-refractivity contribution in [2.45, 2.75) is 39.8 Å². The predicted octanol–water partition coefficient (Wildman–Crippen LogP) is 1.83. The Balaban J connectivity index is 1.74. The molecule has 1 aliphatic heterocycles. The Kier molecular flexibility index (Phi) is 5.52. The number of hydrogen-bond donors (Lipinski definition) is 1. The van der Waals surface area contributed by atoms with E-state index in [0.29, 0.717) is 31.9 Å². The Morgan fingerprint density at radius 2 is 1.88 bits per heavy atom. The highest BCUT2D eigenvalue weighted by Crippen LogP contribution is 2.22. The van der Waals surface area contributed by atoms with Gasteiger partial charge in [0, 0.05) is 37.8 Å². The van der Waals surface area contributed by atoms with Crippen molar-refractivity contribution in [3.05, 3.63) is 53.0 Å². The Morgan fingerprint density at radius 1 is 1.15 bits per heavy atom. The van der Waals surface area contributed by atoms with Gasteiger partial charge in [0.2, 0.25) is 5.91 Å². The van der Waals surface area contributed by atoms with Gasteiger partial charge in [0.05, 0.1) is 0 Å². The topological polar surface area (TPSA) is 75.3 Å². The van der Waals surface area contributed by atoms with Crippen LogP contribution in [0.25, 0.3) is 0 Å². The molecule has 3 rings (SSSR count). The molecule has 1 aromatic carbocycles. The molecule has 26 heavy (non-hydrogen) atoms. The standard InChI is InChI=1S/C20H27N5O/c1-14-4-6-17(7-5-14)13-24-10-11-25(15(2)20(24)26)19-12-18(8-9-21)22-16(3)23-19/h4-7,12,15H,8-11,13,21H2,1-3H3/t15-/m0/s1. The van der Waals surface area contributed by atoms with Crippen molar-refractivity contribution in [3.8, 4) is 0 Å². The van der Waals surface area contributed by atoms with Gasteiger partial charge in [0.25, 0.3) is 0 Å². The molecular formula is C20H27N5O. The summed E-state index contributed by atoms with van der Waals surface area (Å²) in [5.41, 5.74) is 8.97. The van der Waals surface area contributed by atoms with Crippen LogP contribution in [0.3, 0.4) is 0 Å². The summed E-state index contributed by atoms with van der Waals surface area (Å²) in [5, 5.41) is 0. The average Bonchev–Trinajstić information content (AvgIpc) is 2.61. The van der Waals surface area contributed by atoms with Gasteiger partial charge in [0.1, 0.15) is 17.7 Å². The molecule has 0 radical (unpaired) electrons. The molecule has 2 heterocycles. The van der Waals surface area contributed by atoms with E-state index in [4.69, 9.17) is 5.73 Å². The third-order valence-corrected chi connectivity index (χ3v) is 4.81. The Morgan fingerprint density at radius 3 is 2.58 bits per heavy atom. The van der Waals surface area contributed by atoms with Crippen molar-refractivity contribution in [1.29, 1.82) is 0 Å². The summed E-state index contributed by atoms with van der Waals surface area (Å²) in [6.45, 7) is 8.54. The van der Waals surface area contributed by atoms with E-state index in [2.05, 4.69) is 46.1 Å². The smallest absolute Gasteiger partial charge is 0.245 e. The van der Waals surface area contributed by atoms with Crippen LogP contribution < -0.4 is 10.6 Å². The van der Waals surface area contributed by atoms with Crippen LogP contribution in [-0.4, -0.2) is 46.5 Å². The lowest BCUT2D eigenvalue weighted by Crippen LogP contribution is -2.55. The molecule has 6 nitrogen and oxygen atoms in total. The molecule has 1 aliphatic rings. The zero-order chi connectivity index (χ0) is 18.7. The molecule has 0 aliphatic carbocycles. The number of aryl methyl sites for hydroxylation is 2. The second kappa shape index (κ2) is 7.83. The lowest BCUT2D eigenvalue weighted by molar-refractivity contribution is -0.134. The molecule has 1 aromatic heterocycles. The van der Waals surface area contributed by atoms with Crippen LogP contribution >= 0.6 is 0 Å². The first kappa shape index (κ1) is 18.3. The molecule has 1 fully saturated rings. The maximum absolute atomic E-state index is 12.9. The molecule has 0 saturated carbocycles. The largest absolute Gasteiger partial charge is 0.343 e. The van der Waals surface area contributed by atoms with Crippen LogP contribution in [0.1, 0.15) is 29.6 Å². The van der Waals surface area contributed by atoms with Crippen LogP contribution in [-0.2, 0) is 17.8 Å². The average molecular weight is 353 g/mol. The number of piperazine rings is 1. The van der Waals surface area contributed by atoms with Gasteiger partial charge in [-0.1, -0.05) is 29.8 Å². The van der Waals surface area contributed by atoms with Crippen LogP contribution in [0.15, 0.2) is 30.3 Å². The van der Waals surface area contributed by atoms with Crippen molar-refractivity contribution >= 4 is 11.7 Å². The summed E-state index contributed by atoms with van der Waals surface area (Å²) in [6, 6.07) is 10.1. The number of anilines is 1. The number of nitrogens with zero attached hydrogens (tertiary/aromatic N) is 4. The third-order valence-electron chi connectivity index (χ3n) is 4.81. The summed E-state index contributed by atoms with van der Waals surface area (Å²) in [6.07, 6.45) is 0.714. The molecule has 2 aromatic rings. The normalized spacial score (nSPS) is 17.7. The number of nitrogens with two attached hydrogens (primary N) is 1. The molecule has 1 amide bonds. The minimum absolute atomic E-state index is 0.133. The van der Waals surface area contributed by atoms with E-state index in [9.17, 15) is 4.79 Å². The quantitative estimate of drug-likeness (QED) is 0.888. The first-order chi connectivity index (χ1) is 12.5. The fourth-order valence-electron chi connectivity index (χ4n) is 3.35. The van der Waals surface area contributed by atoms with Crippen LogP contribution in [0.2, 0.25) is 0 Å². The Hall–Kier alpha value is -2.47. The SMILES string of the molecule is Cc1ccc(CN2CCN(c3cc(CCN)nc(C)n3)[C@@H](C)C2=O)cc1. The summed E-state index contributed by atoms with van der Waals surface area (Å²) < 4.78 is 0. The molecule has 0 bridgehead atoms. The fraction of sp³-hybridized carbons (Fsp3) is 0.450. The van der Waals surface area contributed by atoms with Crippen LogP contribution in [0, 0.1) is 13.8 Å². The van der Waals surface area contributed by atoms with Crippen molar-refractivity contribution in [1.82, 2.24) is 14.9 Å². The van der Waals surface area contributed by atoms with Gasteiger partial charge in [-0.15, -0.1) is 0 Å². The molecule has 1 saturated heterocycles. The molecule has 0 unspecified atom stereocenters. The van der Waals surface area contributed by atoms with E-state index >= 15 is 0 Å². The van der Waals surface area contributed by atoms with Gasteiger partial charge < -0.3 is 15.5 Å². The monoisotopic (exact) mass is 353 g/mol. The van der Waals surface area contributed by atoms with Gasteiger partial charge in [-0.05, 0) is 32.9 Å². The maximum Gasteiger partial charge on any atom is 0.245 e. The molecule has 0 spiro atoms. The minimum atomic E-state index is -0.241. The number of hydrogen-bond acceptors (Lipinski definition) is 5. The van der Waals surface area contributed by atoms with Crippen molar-refractivity contribution in [3.63, 3.8) is 0 Å². The summed E-state index contributed by atoms with van der Waals surface area (Å²) >= 11 is 0. The Labute approximate surface area is 155 Å². The van der Waals surface area contributed by atoms with Gasteiger partial charge in [0.15, 0.2) is 0 Å². The van der Waals surface area contributed by atoms with Gasteiger partial charge >= 0.3 is 0 Å². The van der Waals surface area contributed by atoms with Crippen LogP contribution in [0.5, 0.6) is 0 Å². The summed E-state index contributed by atoms with van der Waals surface area (Å²) in [4.78, 5) is 25.9. The van der Waals surface area contributed by atoms with Gasteiger partial charge in [-0.3, -0.25) is 4.79 Å². The molecular weight excluding hydrogens is 326 g/mol. The highest BCUT2D eigenvalue weighted by molar-refractivity contribution is 5.86.